The smallest absolute Gasteiger partial charge is 0.183 e. The topological polar surface area (TPSA) is 60.6 Å². The molecule has 1 aromatic carbocycles. The third-order valence-electron chi connectivity index (χ3n) is 2.99. The number of ether oxygens (including phenoxy) is 1. The van der Waals surface area contributed by atoms with Gasteiger partial charge in [0, 0.05) is 6.54 Å². The van der Waals surface area contributed by atoms with Gasteiger partial charge in [0.15, 0.2) is 11.4 Å². The Morgan fingerprint density at radius 3 is 2.52 bits per heavy atom. The Labute approximate surface area is 131 Å². The first kappa shape index (κ1) is 17.3. The summed E-state index contributed by atoms with van der Waals surface area (Å²) in [5.41, 5.74) is 0.790. The van der Waals surface area contributed by atoms with Gasteiger partial charge in [0.05, 0.1) is 5.69 Å². The summed E-state index contributed by atoms with van der Waals surface area (Å²) in [5, 5.41) is 11.7. The summed E-state index contributed by atoms with van der Waals surface area (Å²) in [4.78, 5) is 6.64. The highest BCUT2D eigenvalue weighted by Gasteiger charge is 2.00. The molecule has 0 saturated heterocycles. The Balaban J connectivity index is 2.52. The molecule has 0 aliphatic heterocycles. The molecule has 5 nitrogen and oxygen atoms in total. The van der Waals surface area contributed by atoms with Crippen LogP contribution >= 0.6 is 11.8 Å². The molecule has 0 bridgehead atoms. The molecular weight excluding hydrogens is 284 g/mol. The Morgan fingerprint density at radius 1 is 1.33 bits per heavy atom. The number of nitrogens with one attached hydrogen (secondary N) is 1. The first-order valence-corrected chi connectivity index (χ1v) is 8.19. The van der Waals surface area contributed by atoms with E-state index in [1.54, 1.807) is 0 Å². The molecule has 0 aliphatic carbocycles. The second-order valence-electron chi connectivity index (χ2n) is 4.23. The molecule has 114 valence electrons. The molecule has 1 N–H and O–H groups in total. The fourth-order valence-electron chi connectivity index (χ4n) is 1.74. The first-order valence-electron chi connectivity index (χ1n) is 6.96. The van der Waals surface area contributed by atoms with Gasteiger partial charge in [-0.05, 0) is 43.6 Å². The zero-order valence-electron chi connectivity index (χ0n) is 12.8. The van der Waals surface area contributed by atoms with Crippen LogP contribution in [0, 0.1) is 11.5 Å². The van der Waals surface area contributed by atoms with E-state index in [4.69, 9.17) is 10.00 Å². The van der Waals surface area contributed by atoms with Crippen molar-refractivity contribution in [3.05, 3.63) is 24.3 Å². The molecule has 6 heteroatoms. The zero-order valence-corrected chi connectivity index (χ0v) is 13.6. The van der Waals surface area contributed by atoms with Crippen molar-refractivity contribution < 1.29 is 4.74 Å². The van der Waals surface area contributed by atoms with Crippen molar-refractivity contribution in [1.29, 1.82) is 5.26 Å². The third-order valence-corrected chi connectivity index (χ3v) is 3.57. The molecule has 0 atom stereocenters. The van der Waals surface area contributed by atoms with Gasteiger partial charge in [0.2, 0.25) is 0 Å². The summed E-state index contributed by atoms with van der Waals surface area (Å²) in [5.74, 6) is 0.833. The van der Waals surface area contributed by atoms with E-state index in [1.165, 1.54) is 11.8 Å². The van der Waals surface area contributed by atoms with Crippen LogP contribution in [0.15, 0.2) is 29.3 Å². The minimum Gasteiger partial charge on any atom is -0.492 e. The Hall–Kier alpha value is -1.71. The fourth-order valence-corrected chi connectivity index (χ4v) is 2.08. The summed E-state index contributed by atoms with van der Waals surface area (Å²) >= 11 is 1.40. The maximum atomic E-state index is 8.59. The largest absolute Gasteiger partial charge is 0.492 e. The number of likely N-dealkylation sites (N-methyl/N-ethyl adjacent to an activating group) is 1. The molecule has 0 unspecified atom stereocenters. The van der Waals surface area contributed by atoms with E-state index in [-0.39, 0.29) is 0 Å². The predicted molar refractivity (Wildman–Crippen MR) is 89.1 cm³/mol. The van der Waals surface area contributed by atoms with Gasteiger partial charge in [0.1, 0.15) is 12.4 Å². The molecule has 0 heterocycles. The van der Waals surface area contributed by atoms with Crippen LogP contribution in [-0.2, 0) is 0 Å². The quantitative estimate of drug-likeness (QED) is 0.363. The van der Waals surface area contributed by atoms with Crippen molar-refractivity contribution in [2.75, 3.05) is 32.5 Å². The van der Waals surface area contributed by atoms with Crippen molar-refractivity contribution in [3.8, 4) is 11.9 Å². The molecule has 0 amide bonds. The number of benzene rings is 1. The summed E-state index contributed by atoms with van der Waals surface area (Å²) < 4.78 is 5.71. The summed E-state index contributed by atoms with van der Waals surface area (Å²) in [6.07, 6.45) is 3.74. The Morgan fingerprint density at radius 2 is 2.00 bits per heavy atom. The van der Waals surface area contributed by atoms with Crippen LogP contribution in [-0.4, -0.2) is 42.6 Å². The Bertz CT molecular complexity index is 477. The van der Waals surface area contributed by atoms with Crippen LogP contribution in [0.2, 0.25) is 0 Å². The molecular formula is C15H22N4OS. The number of rotatable bonds is 7. The van der Waals surface area contributed by atoms with Crippen molar-refractivity contribution in [2.24, 2.45) is 4.99 Å². The average Bonchev–Trinajstić information content (AvgIpc) is 2.52. The number of amidine groups is 1. The lowest BCUT2D eigenvalue weighted by Crippen LogP contribution is -2.27. The van der Waals surface area contributed by atoms with Crippen LogP contribution in [0.1, 0.15) is 13.8 Å². The SMILES string of the molecule is CCN(CC)CCOc1ccc(N=C(NC#N)SC)cc1. The normalized spacial score (nSPS) is 11.3. The van der Waals surface area contributed by atoms with E-state index < -0.39 is 0 Å². The van der Waals surface area contributed by atoms with Crippen molar-refractivity contribution in [1.82, 2.24) is 10.2 Å². The maximum absolute atomic E-state index is 8.59. The lowest BCUT2D eigenvalue weighted by atomic mass is 10.3. The van der Waals surface area contributed by atoms with E-state index in [0.717, 1.165) is 31.1 Å². The minimum atomic E-state index is 0.577. The standard InChI is InChI=1S/C15H22N4OS/c1-4-19(5-2)10-11-20-14-8-6-13(7-9-14)18-15(21-3)17-12-16/h6-9H,4-5,10-11H2,1-3H3,(H,17,18). The van der Waals surface area contributed by atoms with E-state index in [2.05, 4.69) is 29.1 Å². The number of hydrogen-bond acceptors (Lipinski definition) is 5. The minimum absolute atomic E-state index is 0.577. The van der Waals surface area contributed by atoms with Crippen LogP contribution in [0.3, 0.4) is 0 Å². The first-order chi connectivity index (χ1) is 10.2. The zero-order chi connectivity index (χ0) is 15.5. The number of nitriles is 1. The molecule has 0 aliphatic rings. The molecule has 1 rings (SSSR count). The lowest BCUT2D eigenvalue weighted by molar-refractivity contribution is 0.223. The average molecular weight is 306 g/mol. The molecule has 0 radical (unpaired) electrons. The van der Waals surface area contributed by atoms with Gasteiger partial charge in [-0.3, -0.25) is 5.32 Å². The second kappa shape index (κ2) is 10.1. The summed E-state index contributed by atoms with van der Waals surface area (Å²) in [7, 11) is 0. The molecule has 0 spiro atoms. The van der Waals surface area contributed by atoms with E-state index in [0.29, 0.717) is 11.8 Å². The number of hydrogen-bond donors (Lipinski definition) is 1. The monoisotopic (exact) mass is 306 g/mol. The predicted octanol–water partition coefficient (Wildman–Crippen LogP) is 2.83. The van der Waals surface area contributed by atoms with Gasteiger partial charge in [-0.2, -0.15) is 5.26 Å². The van der Waals surface area contributed by atoms with Crippen LogP contribution in [0.4, 0.5) is 5.69 Å². The van der Waals surface area contributed by atoms with Gasteiger partial charge >= 0.3 is 0 Å². The second-order valence-corrected chi connectivity index (χ2v) is 5.02. The number of thioether (sulfide) groups is 1. The molecule has 0 fully saturated rings. The van der Waals surface area contributed by atoms with Crippen molar-refractivity contribution in [2.45, 2.75) is 13.8 Å². The van der Waals surface area contributed by atoms with Gasteiger partial charge in [-0.25, -0.2) is 4.99 Å². The highest BCUT2D eigenvalue weighted by atomic mass is 32.2. The van der Waals surface area contributed by atoms with E-state index >= 15 is 0 Å². The summed E-state index contributed by atoms with van der Waals surface area (Å²) in [6.45, 7) is 7.98. The van der Waals surface area contributed by atoms with E-state index in [1.807, 2.05) is 36.7 Å². The number of aliphatic imine (C=N–C) groups is 1. The molecule has 0 saturated carbocycles. The fraction of sp³-hybridized carbons (Fsp3) is 0.467. The van der Waals surface area contributed by atoms with Crippen LogP contribution in [0.5, 0.6) is 5.75 Å². The molecule has 0 aromatic heterocycles. The van der Waals surface area contributed by atoms with Crippen molar-refractivity contribution >= 4 is 22.6 Å². The summed E-state index contributed by atoms with van der Waals surface area (Å²) in [6, 6.07) is 7.54. The highest BCUT2D eigenvalue weighted by Crippen LogP contribution is 2.19. The van der Waals surface area contributed by atoms with Crippen LogP contribution in [0.25, 0.3) is 0 Å². The Kier molecular flexibility index (Phi) is 8.32. The van der Waals surface area contributed by atoms with Gasteiger partial charge < -0.3 is 9.64 Å². The third kappa shape index (κ3) is 6.52. The lowest BCUT2D eigenvalue weighted by Gasteiger charge is -2.17. The van der Waals surface area contributed by atoms with Crippen molar-refractivity contribution in [3.63, 3.8) is 0 Å². The maximum Gasteiger partial charge on any atom is 0.183 e. The van der Waals surface area contributed by atoms with Gasteiger partial charge in [0.25, 0.3) is 0 Å². The van der Waals surface area contributed by atoms with Crippen LogP contribution < -0.4 is 10.1 Å². The van der Waals surface area contributed by atoms with Gasteiger partial charge in [-0.15, -0.1) is 0 Å². The highest BCUT2D eigenvalue weighted by molar-refractivity contribution is 8.13. The molecule has 21 heavy (non-hydrogen) atoms. The van der Waals surface area contributed by atoms with E-state index in [9.17, 15) is 0 Å². The number of nitrogens with zero attached hydrogens (tertiary/aromatic N) is 3. The molecule has 1 aromatic rings. The van der Waals surface area contributed by atoms with Gasteiger partial charge in [-0.1, -0.05) is 25.6 Å².